The van der Waals surface area contributed by atoms with E-state index in [0.717, 1.165) is 23.3 Å². The van der Waals surface area contributed by atoms with E-state index in [-0.39, 0.29) is 18.4 Å². The fourth-order valence-corrected chi connectivity index (χ4v) is 3.80. The van der Waals surface area contributed by atoms with E-state index in [1.165, 1.54) is 24.2 Å². The quantitative estimate of drug-likeness (QED) is 0.412. The molecule has 0 bridgehead atoms. The van der Waals surface area contributed by atoms with Crippen LogP contribution in [0.5, 0.6) is 0 Å². The second-order valence-electron chi connectivity index (χ2n) is 5.48. The molecule has 2 amide bonds. The summed E-state index contributed by atoms with van der Waals surface area (Å²) in [5.41, 5.74) is 8.58. The standard InChI is InChI=1S/C14H22N4O2S/c1-9-10(6-12(21-9)14(20)17-16)7-18(8-13(15)19)11-4-2-3-5-11/h6,11H,2-5,7-8,16H2,1H3,(H2,15,19)(H,17,20). The Hall–Kier alpha value is -1.44. The van der Waals surface area contributed by atoms with Crippen molar-refractivity contribution >= 4 is 23.2 Å². The summed E-state index contributed by atoms with van der Waals surface area (Å²) in [6.45, 7) is 2.89. The van der Waals surface area contributed by atoms with Crippen LogP contribution in [0.25, 0.3) is 0 Å². The summed E-state index contributed by atoms with van der Waals surface area (Å²) in [5, 5.41) is 0. The van der Waals surface area contributed by atoms with Crippen molar-refractivity contribution in [3.8, 4) is 0 Å². The summed E-state index contributed by atoms with van der Waals surface area (Å²) in [6.07, 6.45) is 4.60. The number of nitrogen functional groups attached to an aromatic ring is 1. The molecule has 5 N–H and O–H groups in total. The van der Waals surface area contributed by atoms with Gasteiger partial charge in [0, 0.05) is 17.5 Å². The Kier molecular flexibility index (Phi) is 5.33. The SMILES string of the molecule is Cc1sc(C(=O)NN)cc1CN(CC(N)=O)C1CCCC1. The van der Waals surface area contributed by atoms with Crippen LogP contribution in [0.15, 0.2) is 6.07 Å². The lowest BCUT2D eigenvalue weighted by Gasteiger charge is -2.27. The molecule has 6 nitrogen and oxygen atoms in total. The molecule has 0 atom stereocenters. The topological polar surface area (TPSA) is 101 Å². The van der Waals surface area contributed by atoms with Gasteiger partial charge >= 0.3 is 0 Å². The molecule has 1 heterocycles. The highest BCUT2D eigenvalue weighted by molar-refractivity contribution is 7.14. The minimum atomic E-state index is -0.310. The summed E-state index contributed by atoms with van der Waals surface area (Å²) in [5.74, 6) is 4.57. The normalized spacial score (nSPS) is 15.6. The third-order valence-corrected chi connectivity index (χ3v) is 5.04. The molecule has 1 aliphatic rings. The van der Waals surface area contributed by atoms with Gasteiger partial charge in [0.25, 0.3) is 5.91 Å². The molecular weight excluding hydrogens is 288 g/mol. The smallest absolute Gasteiger partial charge is 0.275 e. The Morgan fingerprint density at radius 2 is 2.10 bits per heavy atom. The lowest BCUT2D eigenvalue weighted by molar-refractivity contribution is -0.119. The number of nitrogens with zero attached hydrogens (tertiary/aromatic N) is 1. The predicted octanol–water partition coefficient (Wildman–Crippen LogP) is 0.890. The summed E-state index contributed by atoms with van der Waals surface area (Å²) in [7, 11) is 0. The van der Waals surface area contributed by atoms with E-state index in [9.17, 15) is 9.59 Å². The molecule has 0 spiro atoms. The van der Waals surface area contributed by atoms with Crippen LogP contribution in [-0.4, -0.2) is 29.3 Å². The number of aryl methyl sites for hydroxylation is 1. The zero-order valence-electron chi connectivity index (χ0n) is 12.2. The van der Waals surface area contributed by atoms with Crippen molar-refractivity contribution in [2.75, 3.05) is 6.54 Å². The molecule has 0 unspecified atom stereocenters. The van der Waals surface area contributed by atoms with E-state index >= 15 is 0 Å². The Balaban J connectivity index is 2.13. The highest BCUT2D eigenvalue weighted by atomic mass is 32.1. The third kappa shape index (κ3) is 4.03. The Morgan fingerprint density at radius 1 is 1.43 bits per heavy atom. The number of amides is 2. The molecule has 0 aromatic carbocycles. The fourth-order valence-electron chi connectivity index (χ4n) is 2.86. The van der Waals surface area contributed by atoms with Gasteiger partial charge in [0.05, 0.1) is 11.4 Å². The molecule has 0 radical (unpaired) electrons. The molecule has 116 valence electrons. The lowest BCUT2D eigenvalue weighted by Crippen LogP contribution is -2.39. The van der Waals surface area contributed by atoms with Gasteiger partial charge in [0.2, 0.25) is 5.91 Å². The van der Waals surface area contributed by atoms with Gasteiger partial charge in [0.1, 0.15) is 0 Å². The first-order valence-corrected chi connectivity index (χ1v) is 7.95. The molecule has 21 heavy (non-hydrogen) atoms. The second-order valence-corrected chi connectivity index (χ2v) is 6.73. The second kappa shape index (κ2) is 7.02. The molecule has 1 aromatic heterocycles. The summed E-state index contributed by atoms with van der Waals surface area (Å²) in [6, 6.07) is 2.26. The van der Waals surface area contributed by atoms with Crippen molar-refractivity contribution < 1.29 is 9.59 Å². The Morgan fingerprint density at radius 3 is 2.67 bits per heavy atom. The number of nitrogens with one attached hydrogen (secondary N) is 1. The molecule has 1 aliphatic carbocycles. The highest BCUT2D eigenvalue weighted by Crippen LogP contribution is 2.28. The molecule has 1 aromatic rings. The van der Waals surface area contributed by atoms with Crippen molar-refractivity contribution in [1.82, 2.24) is 10.3 Å². The van der Waals surface area contributed by atoms with Gasteiger partial charge in [-0.15, -0.1) is 11.3 Å². The number of carbonyl (C=O) groups excluding carboxylic acids is 2. The molecule has 1 fully saturated rings. The number of hydrogen-bond acceptors (Lipinski definition) is 5. The van der Waals surface area contributed by atoms with Gasteiger partial charge in [-0.1, -0.05) is 12.8 Å². The number of hydrazine groups is 1. The number of rotatable bonds is 6. The minimum Gasteiger partial charge on any atom is -0.369 e. The minimum absolute atomic E-state index is 0.262. The molecule has 7 heteroatoms. The average Bonchev–Trinajstić information content (AvgIpc) is 3.07. The maximum atomic E-state index is 11.6. The van der Waals surface area contributed by atoms with Crippen LogP contribution in [0.2, 0.25) is 0 Å². The van der Waals surface area contributed by atoms with Crippen LogP contribution in [0.3, 0.4) is 0 Å². The van der Waals surface area contributed by atoms with Crippen LogP contribution >= 0.6 is 11.3 Å². The zero-order valence-corrected chi connectivity index (χ0v) is 13.0. The van der Waals surface area contributed by atoms with Gasteiger partial charge in [-0.3, -0.25) is 19.9 Å². The maximum Gasteiger partial charge on any atom is 0.275 e. The van der Waals surface area contributed by atoms with Crippen molar-refractivity contribution in [2.24, 2.45) is 11.6 Å². The molecule has 0 saturated heterocycles. The van der Waals surface area contributed by atoms with E-state index in [2.05, 4.69) is 10.3 Å². The van der Waals surface area contributed by atoms with Gasteiger partial charge < -0.3 is 5.73 Å². The van der Waals surface area contributed by atoms with Crippen LogP contribution in [-0.2, 0) is 11.3 Å². The zero-order chi connectivity index (χ0) is 15.4. The van der Waals surface area contributed by atoms with E-state index < -0.39 is 0 Å². The third-order valence-electron chi connectivity index (χ3n) is 3.95. The van der Waals surface area contributed by atoms with E-state index in [1.807, 2.05) is 13.0 Å². The Bertz CT molecular complexity index is 523. The first-order valence-electron chi connectivity index (χ1n) is 7.14. The maximum absolute atomic E-state index is 11.6. The fraction of sp³-hybridized carbons (Fsp3) is 0.571. The number of carbonyl (C=O) groups is 2. The van der Waals surface area contributed by atoms with Crippen molar-refractivity contribution in [3.05, 3.63) is 21.4 Å². The largest absolute Gasteiger partial charge is 0.369 e. The molecule has 0 aliphatic heterocycles. The molecular formula is C14H22N4O2S. The first-order chi connectivity index (χ1) is 10.0. The van der Waals surface area contributed by atoms with Crippen molar-refractivity contribution in [3.63, 3.8) is 0 Å². The number of hydrogen-bond donors (Lipinski definition) is 3. The monoisotopic (exact) mass is 310 g/mol. The lowest BCUT2D eigenvalue weighted by atomic mass is 10.1. The predicted molar refractivity (Wildman–Crippen MR) is 82.6 cm³/mol. The van der Waals surface area contributed by atoms with Gasteiger partial charge in [-0.2, -0.15) is 0 Å². The van der Waals surface area contributed by atoms with Crippen molar-refractivity contribution in [1.29, 1.82) is 0 Å². The van der Waals surface area contributed by atoms with Crippen LogP contribution in [0.4, 0.5) is 0 Å². The average molecular weight is 310 g/mol. The highest BCUT2D eigenvalue weighted by Gasteiger charge is 2.25. The number of nitrogens with two attached hydrogens (primary N) is 2. The van der Waals surface area contributed by atoms with Crippen LogP contribution < -0.4 is 17.0 Å². The number of thiophene rings is 1. The first kappa shape index (κ1) is 15.9. The summed E-state index contributed by atoms with van der Waals surface area (Å²) >= 11 is 1.42. The summed E-state index contributed by atoms with van der Waals surface area (Å²) in [4.78, 5) is 26.7. The van der Waals surface area contributed by atoms with E-state index in [0.29, 0.717) is 17.5 Å². The van der Waals surface area contributed by atoms with E-state index in [1.54, 1.807) is 0 Å². The van der Waals surface area contributed by atoms with E-state index in [4.69, 9.17) is 11.6 Å². The Labute approximate surface area is 128 Å². The molecule has 2 rings (SSSR count). The molecule has 1 saturated carbocycles. The van der Waals surface area contributed by atoms with Gasteiger partial charge in [0.15, 0.2) is 0 Å². The number of primary amides is 1. The van der Waals surface area contributed by atoms with Crippen molar-refractivity contribution in [2.45, 2.75) is 45.2 Å². The van der Waals surface area contributed by atoms with Crippen LogP contribution in [0, 0.1) is 6.92 Å². The van der Waals surface area contributed by atoms with Gasteiger partial charge in [-0.25, -0.2) is 5.84 Å². The summed E-state index contributed by atoms with van der Waals surface area (Å²) < 4.78 is 0. The van der Waals surface area contributed by atoms with Gasteiger partial charge in [-0.05, 0) is 31.4 Å². The van der Waals surface area contributed by atoms with Crippen LogP contribution in [0.1, 0.15) is 45.8 Å².